The SMILES string of the molecule is Cc1ccc(B2OC(c3ccccc3[N+](=O)[O-])CC(c3ccccc3[N+](=O)[O-])O2)cc1. The van der Waals surface area contributed by atoms with E-state index < -0.39 is 29.2 Å². The number of para-hydroxylation sites is 2. The van der Waals surface area contributed by atoms with E-state index in [1.807, 2.05) is 31.2 Å². The first kappa shape index (κ1) is 20.7. The molecule has 3 aromatic carbocycles. The lowest BCUT2D eigenvalue weighted by atomic mass is 9.75. The van der Waals surface area contributed by atoms with Crippen molar-refractivity contribution in [3.63, 3.8) is 0 Å². The monoisotopic (exact) mass is 418 g/mol. The van der Waals surface area contributed by atoms with Crippen LogP contribution in [0.15, 0.2) is 72.8 Å². The van der Waals surface area contributed by atoms with Crippen molar-refractivity contribution < 1.29 is 19.2 Å². The Morgan fingerprint density at radius 1 is 0.774 bits per heavy atom. The quantitative estimate of drug-likeness (QED) is 0.345. The molecule has 8 nitrogen and oxygen atoms in total. The normalized spacial score (nSPS) is 18.5. The number of rotatable bonds is 5. The van der Waals surface area contributed by atoms with Crippen LogP contribution in [0, 0.1) is 27.2 Å². The molecule has 4 rings (SSSR count). The van der Waals surface area contributed by atoms with E-state index in [9.17, 15) is 20.2 Å². The molecule has 31 heavy (non-hydrogen) atoms. The van der Waals surface area contributed by atoms with Gasteiger partial charge in [0.2, 0.25) is 0 Å². The van der Waals surface area contributed by atoms with Gasteiger partial charge in [-0.15, -0.1) is 0 Å². The highest BCUT2D eigenvalue weighted by Gasteiger charge is 2.40. The Hall–Kier alpha value is -3.56. The highest BCUT2D eigenvalue weighted by atomic mass is 16.6. The van der Waals surface area contributed by atoms with Gasteiger partial charge < -0.3 is 9.31 Å². The molecule has 0 radical (unpaired) electrons. The number of hydrogen-bond donors (Lipinski definition) is 0. The topological polar surface area (TPSA) is 105 Å². The van der Waals surface area contributed by atoms with Gasteiger partial charge in [-0.1, -0.05) is 54.1 Å². The lowest BCUT2D eigenvalue weighted by Crippen LogP contribution is -2.43. The molecule has 3 aromatic rings. The summed E-state index contributed by atoms with van der Waals surface area (Å²) in [6.07, 6.45) is -1.14. The summed E-state index contributed by atoms with van der Waals surface area (Å²) < 4.78 is 12.3. The van der Waals surface area contributed by atoms with Crippen LogP contribution in [0.1, 0.15) is 35.3 Å². The molecule has 156 valence electrons. The second-order valence-electron chi connectivity index (χ2n) is 7.36. The van der Waals surface area contributed by atoms with Crippen molar-refractivity contribution in [2.24, 2.45) is 0 Å². The standard InChI is InChI=1S/C22H19BN2O6/c1-15-10-12-16(13-11-15)23-30-21(17-6-2-4-8-19(17)24(26)27)14-22(31-23)18-7-3-5-9-20(18)25(28)29/h2-13,21-22H,14H2,1H3. The molecule has 0 bridgehead atoms. The lowest BCUT2D eigenvalue weighted by Gasteiger charge is -2.34. The fraction of sp³-hybridized carbons (Fsp3) is 0.182. The van der Waals surface area contributed by atoms with Crippen LogP contribution in [0.25, 0.3) is 0 Å². The first-order valence-electron chi connectivity index (χ1n) is 9.78. The van der Waals surface area contributed by atoms with Gasteiger partial charge in [0.1, 0.15) is 0 Å². The molecule has 0 spiro atoms. The Bertz CT molecular complexity index is 1060. The first-order valence-corrected chi connectivity index (χ1v) is 9.78. The van der Waals surface area contributed by atoms with Gasteiger partial charge in [-0.2, -0.15) is 0 Å². The molecule has 0 aromatic heterocycles. The fourth-order valence-corrected chi connectivity index (χ4v) is 3.77. The van der Waals surface area contributed by atoms with E-state index in [0.717, 1.165) is 11.0 Å². The maximum atomic E-state index is 11.6. The lowest BCUT2D eigenvalue weighted by molar-refractivity contribution is -0.386. The largest absolute Gasteiger partial charge is 0.494 e. The van der Waals surface area contributed by atoms with Crippen molar-refractivity contribution in [2.75, 3.05) is 0 Å². The smallest absolute Gasteiger partial charge is 0.400 e. The maximum absolute atomic E-state index is 11.6. The van der Waals surface area contributed by atoms with Gasteiger partial charge in [0.15, 0.2) is 0 Å². The Morgan fingerprint density at radius 2 is 1.23 bits per heavy atom. The summed E-state index contributed by atoms with van der Waals surface area (Å²) in [5, 5.41) is 23.2. The third-order valence-corrected chi connectivity index (χ3v) is 5.31. The second-order valence-corrected chi connectivity index (χ2v) is 7.36. The molecule has 0 amide bonds. The Balaban J connectivity index is 1.77. The van der Waals surface area contributed by atoms with Crippen molar-refractivity contribution in [2.45, 2.75) is 25.6 Å². The molecule has 0 N–H and O–H groups in total. The number of nitro groups is 2. The minimum absolute atomic E-state index is 0.0571. The number of aryl methyl sites for hydroxylation is 1. The molecule has 1 aliphatic rings. The summed E-state index contributed by atoms with van der Waals surface area (Å²) >= 11 is 0. The van der Waals surface area contributed by atoms with Crippen LogP contribution in [0.5, 0.6) is 0 Å². The van der Waals surface area contributed by atoms with E-state index in [-0.39, 0.29) is 17.8 Å². The third kappa shape index (κ3) is 4.33. The van der Waals surface area contributed by atoms with Crippen molar-refractivity contribution in [1.82, 2.24) is 0 Å². The summed E-state index contributed by atoms with van der Waals surface area (Å²) in [7, 11) is -0.830. The minimum Gasteiger partial charge on any atom is -0.400 e. The third-order valence-electron chi connectivity index (χ3n) is 5.31. The van der Waals surface area contributed by atoms with Crippen molar-refractivity contribution in [3.05, 3.63) is 110 Å². The average Bonchev–Trinajstić information content (AvgIpc) is 2.79. The zero-order valence-electron chi connectivity index (χ0n) is 16.7. The molecule has 2 atom stereocenters. The van der Waals surface area contributed by atoms with Crippen LogP contribution in [-0.2, 0) is 9.31 Å². The molecule has 9 heteroatoms. The first-order chi connectivity index (χ1) is 14.9. The Labute approximate surface area is 178 Å². The number of benzene rings is 3. The summed E-state index contributed by atoms with van der Waals surface area (Å²) in [5.41, 5.74) is 2.51. The van der Waals surface area contributed by atoms with Gasteiger partial charge in [0.25, 0.3) is 11.4 Å². The molecule has 2 unspecified atom stereocenters. The van der Waals surface area contributed by atoms with Gasteiger partial charge in [0, 0.05) is 18.6 Å². The molecule has 0 saturated carbocycles. The van der Waals surface area contributed by atoms with E-state index in [2.05, 4.69) is 0 Å². The van der Waals surface area contributed by atoms with Crippen LogP contribution < -0.4 is 5.46 Å². The summed E-state index contributed by atoms with van der Waals surface area (Å²) in [6.45, 7) is 1.96. The number of hydrogen-bond acceptors (Lipinski definition) is 6. The highest BCUT2D eigenvalue weighted by molar-refractivity contribution is 6.61. The zero-order chi connectivity index (χ0) is 22.0. The van der Waals surface area contributed by atoms with Gasteiger partial charge >= 0.3 is 7.12 Å². The maximum Gasteiger partial charge on any atom is 0.494 e. The zero-order valence-corrected chi connectivity index (χ0v) is 16.7. The summed E-state index contributed by atoms with van der Waals surface area (Å²) in [4.78, 5) is 22.3. The highest BCUT2D eigenvalue weighted by Crippen LogP contribution is 2.42. The number of nitrogens with zero attached hydrogens (tertiary/aromatic N) is 2. The fourth-order valence-electron chi connectivity index (χ4n) is 3.77. The van der Waals surface area contributed by atoms with Gasteiger partial charge in [-0.25, -0.2) is 0 Å². The molecular weight excluding hydrogens is 399 g/mol. The number of nitro benzene ring substituents is 2. The van der Waals surface area contributed by atoms with E-state index in [1.54, 1.807) is 36.4 Å². The van der Waals surface area contributed by atoms with E-state index in [1.165, 1.54) is 12.1 Å². The molecule has 1 heterocycles. The van der Waals surface area contributed by atoms with E-state index in [4.69, 9.17) is 9.31 Å². The average molecular weight is 418 g/mol. The Morgan fingerprint density at radius 3 is 1.68 bits per heavy atom. The van der Waals surface area contributed by atoms with Crippen LogP contribution in [0.3, 0.4) is 0 Å². The molecule has 1 aliphatic heterocycles. The van der Waals surface area contributed by atoms with Gasteiger partial charge in [-0.3, -0.25) is 20.2 Å². The molecular formula is C22H19BN2O6. The van der Waals surface area contributed by atoms with Crippen LogP contribution in [0.2, 0.25) is 0 Å². The predicted molar refractivity (Wildman–Crippen MR) is 115 cm³/mol. The summed E-state index contributed by atoms with van der Waals surface area (Å²) in [5.74, 6) is 0. The minimum atomic E-state index is -0.830. The molecule has 1 saturated heterocycles. The van der Waals surface area contributed by atoms with E-state index in [0.29, 0.717) is 11.1 Å². The van der Waals surface area contributed by atoms with Gasteiger partial charge in [-0.05, 0) is 24.5 Å². The van der Waals surface area contributed by atoms with Crippen molar-refractivity contribution >= 4 is 24.0 Å². The van der Waals surface area contributed by atoms with Gasteiger partial charge in [0.05, 0.1) is 33.2 Å². The van der Waals surface area contributed by atoms with Crippen molar-refractivity contribution in [3.8, 4) is 0 Å². The van der Waals surface area contributed by atoms with Crippen LogP contribution in [-0.4, -0.2) is 17.0 Å². The van der Waals surface area contributed by atoms with Crippen LogP contribution in [0.4, 0.5) is 11.4 Å². The van der Waals surface area contributed by atoms with Crippen LogP contribution >= 0.6 is 0 Å². The Kier molecular flexibility index (Phi) is 5.79. The second kappa shape index (κ2) is 8.67. The van der Waals surface area contributed by atoms with E-state index >= 15 is 0 Å². The molecule has 0 aliphatic carbocycles. The molecule has 1 fully saturated rings. The van der Waals surface area contributed by atoms with Crippen molar-refractivity contribution in [1.29, 1.82) is 0 Å². The summed E-state index contributed by atoms with van der Waals surface area (Å²) in [6, 6.07) is 20.3. The predicted octanol–water partition coefficient (Wildman–Crippen LogP) is 4.43.